The van der Waals surface area contributed by atoms with Crippen molar-refractivity contribution in [3.63, 3.8) is 0 Å². The summed E-state index contributed by atoms with van der Waals surface area (Å²) in [5.41, 5.74) is 3.61. The Bertz CT molecular complexity index is 870. The minimum absolute atomic E-state index is 0.0327. The number of rotatable bonds is 4. The van der Waals surface area contributed by atoms with Crippen LogP contribution in [0.4, 0.5) is 0 Å². The number of likely N-dealkylation sites (tertiary alicyclic amines) is 1. The van der Waals surface area contributed by atoms with Crippen molar-refractivity contribution in [3.8, 4) is 5.75 Å². The smallest absolute Gasteiger partial charge is 0.226 e. The number of piperidine rings is 1. The second kappa shape index (κ2) is 8.68. The molecular weight excluding hydrogens is 364 g/mol. The van der Waals surface area contributed by atoms with E-state index in [9.17, 15) is 9.59 Å². The van der Waals surface area contributed by atoms with Crippen molar-refractivity contribution in [1.82, 2.24) is 9.80 Å². The van der Waals surface area contributed by atoms with Gasteiger partial charge in [-0.05, 0) is 48.1 Å². The van der Waals surface area contributed by atoms with Gasteiger partial charge in [0, 0.05) is 32.1 Å². The molecule has 2 aromatic carbocycles. The first kappa shape index (κ1) is 19.5. The molecule has 0 saturated carbocycles. The molecule has 0 atom stereocenters. The summed E-state index contributed by atoms with van der Waals surface area (Å²) in [5.74, 6) is 1.21. The van der Waals surface area contributed by atoms with Gasteiger partial charge in [-0.1, -0.05) is 36.4 Å². The molecule has 0 spiro atoms. The van der Waals surface area contributed by atoms with Crippen LogP contribution in [-0.2, 0) is 29.0 Å². The molecule has 2 aliphatic rings. The number of methoxy groups -OCH3 is 1. The number of ether oxygens (including phenoxy) is 1. The molecule has 0 unspecified atom stereocenters. The molecule has 29 heavy (non-hydrogen) atoms. The third-order valence-electron chi connectivity index (χ3n) is 6.15. The maximum absolute atomic E-state index is 13.0. The summed E-state index contributed by atoms with van der Waals surface area (Å²) in [6, 6.07) is 16.0. The predicted molar refractivity (Wildman–Crippen MR) is 112 cm³/mol. The normalized spacial score (nSPS) is 17.0. The lowest BCUT2D eigenvalue weighted by Crippen LogP contribution is -2.46. The molecule has 4 rings (SSSR count). The third kappa shape index (κ3) is 4.44. The predicted octanol–water partition coefficient (Wildman–Crippen LogP) is 3.06. The molecule has 2 aliphatic heterocycles. The van der Waals surface area contributed by atoms with E-state index < -0.39 is 0 Å². The van der Waals surface area contributed by atoms with Crippen LogP contribution in [0.15, 0.2) is 48.5 Å². The molecule has 0 aliphatic carbocycles. The highest BCUT2D eigenvalue weighted by molar-refractivity contribution is 5.81. The number of nitrogens with zero attached hydrogens (tertiary/aromatic N) is 2. The van der Waals surface area contributed by atoms with Crippen molar-refractivity contribution in [3.05, 3.63) is 65.2 Å². The Morgan fingerprint density at radius 3 is 2.31 bits per heavy atom. The van der Waals surface area contributed by atoms with Crippen molar-refractivity contribution in [2.45, 2.75) is 32.2 Å². The Morgan fingerprint density at radius 2 is 1.62 bits per heavy atom. The minimum Gasteiger partial charge on any atom is -0.497 e. The van der Waals surface area contributed by atoms with Crippen LogP contribution in [0.3, 0.4) is 0 Å². The van der Waals surface area contributed by atoms with Crippen LogP contribution < -0.4 is 4.74 Å². The fraction of sp³-hybridized carbons (Fsp3) is 0.417. The number of hydrogen-bond donors (Lipinski definition) is 0. The zero-order valence-corrected chi connectivity index (χ0v) is 17.0. The zero-order chi connectivity index (χ0) is 20.2. The van der Waals surface area contributed by atoms with Crippen LogP contribution in [0.1, 0.15) is 29.5 Å². The van der Waals surface area contributed by atoms with E-state index in [0.29, 0.717) is 26.1 Å². The Balaban J connectivity index is 1.28. The quantitative estimate of drug-likeness (QED) is 0.804. The van der Waals surface area contributed by atoms with Crippen molar-refractivity contribution in [2.24, 2.45) is 5.92 Å². The van der Waals surface area contributed by atoms with Crippen LogP contribution in [0.5, 0.6) is 5.75 Å². The first-order chi connectivity index (χ1) is 14.1. The van der Waals surface area contributed by atoms with E-state index in [1.165, 1.54) is 11.1 Å². The Labute approximate surface area is 172 Å². The maximum atomic E-state index is 13.0. The molecule has 1 fully saturated rings. The van der Waals surface area contributed by atoms with E-state index in [1.54, 1.807) is 7.11 Å². The summed E-state index contributed by atoms with van der Waals surface area (Å²) < 4.78 is 5.16. The van der Waals surface area contributed by atoms with Crippen LogP contribution in [0.2, 0.25) is 0 Å². The number of hydrogen-bond acceptors (Lipinski definition) is 3. The highest BCUT2D eigenvalue weighted by Gasteiger charge is 2.31. The summed E-state index contributed by atoms with van der Waals surface area (Å²) in [4.78, 5) is 29.5. The molecule has 5 nitrogen and oxygen atoms in total. The molecule has 2 aromatic rings. The minimum atomic E-state index is 0.0327. The summed E-state index contributed by atoms with van der Waals surface area (Å²) in [5, 5.41) is 0. The standard InChI is InChI=1S/C24H28N2O3/c1-29-22-8-6-18(7-9-22)16-23(27)25-13-11-20(12-14-25)24(28)26-15-10-19-4-2-3-5-21(19)17-26/h2-9,20H,10-17H2,1H3. The lowest BCUT2D eigenvalue weighted by molar-refractivity contribution is -0.141. The molecule has 5 heteroatoms. The van der Waals surface area contributed by atoms with Gasteiger partial charge in [-0.2, -0.15) is 0 Å². The number of benzene rings is 2. The van der Waals surface area contributed by atoms with Crippen LogP contribution >= 0.6 is 0 Å². The van der Waals surface area contributed by atoms with Gasteiger partial charge in [0.05, 0.1) is 13.5 Å². The molecule has 0 radical (unpaired) electrons. The molecule has 0 N–H and O–H groups in total. The highest BCUT2D eigenvalue weighted by atomic mass is 16.5. The molecule has 2 heterocycles. The Kier molecular flexibility index (Phi) is 5.84. The van der Waals surface area contributed by atoms with Crippen LogP contribution in [-0.4, -0.2) is 48.4 Å². The van der Waals surface area contributed by atoms with Crippen LogP contribution in [0, 0.1) is 5.92 Å². The summed E-state index contributed by atoms with van der Waals surface area (Å²) in [6.45, 7) is 2.84. The van der Waals surface area contributed by atoms with Gasteiger partial charge in [0.2, 0.25) is 11.8 Å². The van der Waals surface area contributed by atoms with Crippen molar-refractivity contribution in [1.29, 1.82) is 0 Å². The van der Waals surface area contributed by atoms with E-state index in [1.807, 2.05) is 40.1 Å². The second-order valence-corrected chi connectivity index (χ2v) is 7.96. The summed E-state index contributed by atoms with van der Waals surface area (Å²) in [6.07, 6.45) is 2.84. The SMILES string of the molecule is COc1ccc(CC(=O)N2CCC(C(=O)N3CCc4ccccc4C3)CC2)cc1. The van der Waals surface area contributed by atoms with Crippen LogP contribution in [0.25, 0.3) is 0 Å². The molecule has 2 amide bonds. The maximum Gasteiger partial charge on any atom is 0.226 e. The molecule has 1 saturated heterocycles. The molecule has 152 valence electrons. The molecular formula is C24H28N2O3. The first-order valence-electron chi connectivity index (χ1n) is 10.4. The van der Waals surface area contributed by atoms with Gasteiger partial charge in [0.25, 0.3) is 0 Å². The van der Waals surface area contributed by atoms with Gasteiger partial charge >= 0.3 is 0 Å². The third-order valence-corrected chi connectivity index (χ3v) is 6.15. The van der Waals surface area contributed by atoms with Crippen molar-refractivity contribution >= 4 is 11.8 Å². The summed E-state index contributed by atoms with van der Waals surface area (Å²) >= 11 is 0. The summed E-state index contributed by atoms with van der Waals surface area (Å²) in [7, 11) is 1.63. The monoisotopic (exact) mass is 392 g/mol. The van der Waals surface area contributed by atoms with Gasteiger partial charge in [0.15, 0.2) is 0 Å². The molecule has 0 aromatic heterocycles. The lowest BCUT2D eigenvalue weighted by atomic mass is 9.92. The lowest BCUT2D eigenvalue weighted by Gasteiger charge is -2.36. The Hall–Kier alpha value is -2.82. The number of amides is 2. The second-order valence-electron chi connectivity index (χ2n) is 7.96. The zero-order valence-electron chi connectivity index (χ0n) is 17.0. The van der Waals surface area contributed by atoms with Gasteiger partial charge in [-0.25, -0.2) is 0 Å². The number of carbonyl (C=O) groups excluding carboxylic acids is 2. The molecule has 0 bridgehead atoms. The topological polar surface area (TPSA) is 49.9 Å². The highest BCUT2D eigenvalue weighted by Crippen LogP contribution is 2.25. The van der Waals surface area contributed by atoms with Gasteiger partial charge in [0.1, 0.15) is 5.75 Å². The average molecular weight is 392 g/mol. The van der Waals surface area contributed by atoms with Gasteiger partial charge < -0.3 is 14.5 Å². The van der Waals surface area contributed by atoms with E-state index in [2.05, 4.69) is 18.2 Å². The van der Waals surface area contributed by atoms with E-state index in [-0.39, 0.29) is 17.7 Å². The fourth-order valence-corrected chi connectivity index (χ4v) is 4.35. The van der Waals surface area contributed by atoms with E-state index in [4.69, 9.17) is 4.74 Å². The number of fused-ring (bicyclic) bond motifs is 1. The first-order valence-corrected chi connectivity index (χ1v) is 10.4. The van der Waals surface area contributed by atoms with E-state index in [0.717, 1.165) is 37.1 Å². The Morgan fingerprint density at radius 1 is 0.931 bits per heavy atom. The van der Waals surface area contributed by atoms with Crippen molar-refractivity contribution in [2.75, 3.05) is 26.7 Å². The average Bonchev–Trinajstić information content (AvgIpc) is 2.79. The largest absolute Gasteiger partial charge is 0.497 e. The van der Waals surface area contributed by atoms with Gasteiger partial charge in [-0.3, -0.25) is 9.59 Å². The fourth-order valence-electron chi connectivity index (χ4n) is 4.35. The van der Waals surface area contributed by atoms with E-state index >= 15 is 0 Å². The van der Waals surface area contributed by atoms with Gasteiger partial charge in [-0.15, -0.1) is 0 Å². The van der Waals surface area contributed by atoms with Crippen molar-refractivity contribution < 1.29 is 14.3 Å². The number of carbonyl (C=O) groups is 2.